The minimum absolute atomic E-state index is 0.168. The summed E-state index contributed by atoms with van der Waals surface area (Å²) in [5, 5.41) is 18.3. The molecule has 5 aromatic rings. The van der Waals surface area contributed by atoms with E-state index < -0.39 is 5.97 Å². The Balaban J connectivity index is 1.14. The van der Waals surface area contributed by atoms with Gasteiger partial charge >= 0.3 is 5.97 Å². The second kappa shape index (κ2) is 9.52. The molecule has 2 heterocycles. The van der Waals surface area contributed by atoms with E-state index in [0.717, 1.165) is 65.2 Å². The highest BCUT2D eigenvalue weighted by Crippen LogP contribution is 2.51. The van der Waals surface area contributed by atoms with Gasteiger partial charge in [-0.25, -0.2) is 0 Å². The van der Waals surface area contributed by atoms with Gasteiger partial charge in [0.05, 0.1) is 6.42 Å². The van der Waals surface area contributed by atoms with Crippen molar-refractivity contribution in [2.45, 2.75) is 38.0 Å². The number of carboxylic acids is 1. The number of carboxylic acid groups (broad SMARTS) is 1. The van der Waals surface area contributed by atoms with Crippen LogP contribution in [-0.4, -0.2) is 22.8 Å². The zero-order valence-electron chi connectivity index (χ0n) is 20.7. The fraction of sp³-hybridized carbons (Fsp3) is 0.226. The predicted octanol–water partition coefficient (Wildman–Crippen LogP) is 7.69. The van der Waals surface area contributed by atoms with Crippen molar-refractivity contribution in [3.8, 4) is 22.5 Å². The van der Waals surface area contributed by atoms with Crippen LogP contribution in [0.15, 0.2) is 83.4 Å². The van der Waals surface area contributed by atoms with Crippen LogP contribution in [0.4, 0.5) is 5.69 Å². The summed E-state index contributed by atoms with van der Waals surface area (Å²) in [7, 11) is 0. The zero-order chi connectivity index (χ0) is 25.4. The van der Waals surface area contributed by atoms with E-state index in [2.05, 4.69) is 89.3 Å². The summed E-state index contributed by atoms with van der Waals surface area (Å²) in [5.74, 6) is 0.0221. The average molecular weight is 509 g/mol. The Kier molecular flexibility index (Phi) is 6.05. The Morgan fingerprint density at radius 3 is 2.35 bits per heavy atom. The summed E-state index contributed by atoms with van der Waals surface area (Å²) < 4.78 is 7.03. The third kappa shape index (κ3) is 4.77. The number of fused-ring (bicyclic) bond motifs is 1. The number of aryl methyl sites for hydroxylation is 1. The van der Waals surface area contributed by atoms with Gasteiger partial charge in [-0.1, -0.05) is 71.9 Å². The molecule has 0 amide bonds. The van der Waals surface area contributed by atoms with Crippen molar-refractivity contribution in [2.24, 2.45) is 0 Å². The molecular formula is C31H28N2O3S. The summed E-state index contributed by atoms with van der Waals surface area (Å²) in [5.41, 5.74) is 5.93. The van der Waals surface area contributed by atoms with Gasteiger partial charge in [-0.3, -0.25) is 4.79 Å². The van der Waals surface area contributed by atoms with Crippen molar-refractivity contribution in [1.29, 1.82) is 0 Å². The van der Waals surface area contributed by atoms with Crippen LogP contribution in [0.2, 0.25) is 0 Å². The summed E-state index contributed by atoms with van der Waals surface area (Å²) >= 11 is 1.84. The number of aliphatic carboxylic acids is 1. The lowest BCUT2D eigenvalue weighted by molar-refractivity contribution is -0.137. The molecule has 0 radical (unpaired) electrons. The third-order valence-electron chi connectivity index (χ3n) is 7.33. The SMILES string of the molecule is Cc1noc(-c2ccc(-c3ccc(C4(CC(=O)O)CC4)cc3)cc2)c1NCCc1cc2ccccc2s1. The third-order valence-corrected chi connectivity index (χ3v) is 8.51. The molecule has 3 aromatic carbocycles. The molecule has 37 heavy (non-hydrogen) atoms. The molecule has 6 heteroatoms. The highest BCUT2D eigenvalue weighted by Gasteiger charge is 2.45. The fourth-order valence-corrected chi connectivity index (χ4v) is 6.15. The van der Waals surface area contributed by atoms with Crippen molar-refractivity contribution >= 4 is 33.1 Å². The average Bonchev–Trinajstić information content (AvgIpc) is 3.41. The topological polar surface area (TPSA) is 75.4 Å². The molecule has 1 aliphatic rings. The number of benzene rings is 3. The number of carbonyl (C=O) groups is 1. The van der Waals surface area contributed by atoms with Crippen molar-refractivity contribution in [3.63, 3.8) is 0 Å². The molecule has 0 unspecified atom stereocenters. The Bertz CT molecular complexity index is 1530. The highest BCUT2D eigenvalue weighted by atomic mass is 32.1. The van der Waals surface area contributed by atoms with Crippen molar-refractivity contribution in [2.75, 3.05) is 11.9 Å². The number of nitrogens with zero attached hydrogens (tertiary/aromatic N) is 1. The van der Waals surface area contributed by atoms with Gasteiger partial charge in [0, 0.05) is 27.1 Å². The molecule has 0 saturated heterocycles. The van der Waals surface area contributed by atoms with Crippen molar-refractivity contribution < 1.29 is 14.4 Å². The first-order chi connectivity index (χ1) is 18.0. The van der Waals surface area contributed by atoms with Gasteiger partial charge in [-0.15, -0.1) is 11.3 Å². The smallest absolute Gasteiger partial charge is 0.304 e. The monoisotopic (exact) mass is 508 g/mol. The molecule has 0 bridgehead atoms. The molecule has 0 aliphatic heterocycles. The lowest BCUT2D eigenvalue weighted by Crippen LogP contribution is -2.12. The summed E-state index contributed by atoms with van der Waals surface area (Å²) in [6.45, 7) is 2.76. The first-order valence-electron chi connectivity index (χ1n) is 12.6. The number of thiophene rings is 1. The Morgan fingerprint density at radius 1 is 1.00 bits per heavy atom. The summed E-state index contributed by atoms with van der Waals surface area (Å²) in [6, 6.07) is 27.4. The number of rotatable bonds is 9. The summed E-state index contributed by atoms with van der Waals surface area (Å²) in [4.78, 5) is 12.6. The number of anilines is 1. The molecule has 0 atom stereocenters. The van der Waals surface area contributed by atoms with Crippen LogP contribution in [0.1, 0.15) is 35.4 Å². The number of nitrogens with one attached hydrogen (secondary N) is 1. The Labute approximate surface area is 219 Å². The van der Waals surface area contributed by atoms with Gasteiger partial charge in [0.25, 0.3) is 0 Å². The molecule has 6 rings (SSSR count). The Hall–Kier alpha value is -3.90. The molecule has 186 valence electrons. The van der Waals surface area contributed by atoms with Crippen LogP contribution in [-0.2, 0) is 16.6 Å². The van der Waals surface area contributed by atoms with E-state index in [4.69, 9.17) is 4.52 Å². The number of hydrogen-bond donors (Lipinski definition) is 2. The van der Waals surface area contributed by atoms with Gasteiger partial charge in [-0.2, -0.15) is 0 Å². The molecule has 2 aromatic heterocycles. The quantitative estimate of drug-likeness (QED) is 0.213. The number of hydrogen-bond acceptors (Lipinski definition) is 5. The number of aromatic nitrogens is 1. The van der Waals surface area contributed by atoms with Crippen molar-refractivity contribution in [3.05, 3.63) is 95.0 Å². The van der Waals surface area contributed by atoms with Crippen molar-refractivity contribution in [1.82, 2.24) is 5.16 Å². The van der Waals surface area contributed by atoms with Gasteiger partial charge in [0.2, 0.25) is 0 Å². The second-order valence-electron chi connectivity index (χ2n) is 9.90. The lowest BCUT2D eigenvalue weighted by atomic mass is 9.91. The first-order valence-corrected chi connectivity index (χ1v) is 13.4. The van der Waals surface area contributed by atoms with E-state index in [9.17, 15) is 9.90 Å². The van der Waals surface area contributed by atoms with Crippen LogP contribution in [0.5, 0.6) is 0 Å². The van der Waals surface area contributed by atoms with Crippen LogP contribution in [0.25, 0.3) is 32.5 Å². The standard InChI is InChI=1S/C31H28N2O3S/c1-20-29(32-17-14-26-18-24-4-2-3-5-27(24)37-26)30(36-33-20)23-8-6-21(7-9-23)22-10-12-25(13-11-22)31(15-16-31)19-28(34)35/h2-13,18,32H,14-17,19H2,1H3,(H,34,35). The second-order valence-corrected chi connectivity index (χ2v) is 11.1. The van der Waals surface area contributed by atoms with E-state index in [-0.39, 0.29) is 11.8 Å². The fourth-order valence-electron chi connectivity index (χ4n) is 5.08. The molecule has 2 N–H and O–H groups in total. The van der Waals surface area contributed by atoms with Gasteiger partial charge in [-0.05, 0) is 60.4 Å². The molecule has 0 spiro atoms. The zero-order valence-corrected chi connectivity index (χ0v) is 21.5. The molecular weight excluding hydrogens is 480 g/mol. The van der Waals surface area contributed by atoms with E-state index in [1.807, 2.05) is 18.3 Å². The van der Waals surface area contributed by atoms with Gasteiger partial charge in [0.15, 0.2) is 5.76 Å². The minimum atomic E-state index is -0.728. The molecule has 1 fully saturated rings. The predicted molar refractivity (Wildman–Crippen MR) is 149 cm³/mol. The van der Waals surface area contributed by atoms with E-state index in [1.165, 1.54) is 15.0 Å². The van der Waals surface area contributed by atoms with Gasteiger partial charge in [0.1, 0.15) is 11.4 Å². The van der Waals surface area contributed by atoms with E-state index in [0.29, 0.717) is 0 Å². The molecule has 5 nitrogen and oxygen atoms in total. The van der Waals surface area contributed by atoms with Crippen LogP contribution >= 0.6 is 11.3 Å². The molecule has 1 aliphatic carbocycles. The first kappa shape index (κ1) is 23.5. The van der Waals surface area contributed by atoms with Crippen LogP contribution in [0.3, 0.4) is 0 Å². The largest absolute Gasteiger partial charge is 0.481 e. The minimum Gasteiger partial charge on any atom is -0.481 e. The lowest BCUT2D eigenvalue weighted by Gasteiger charge is -2.14. The van der Waals surface area contributed by atoms with E-state index >= 15 is 0 Å². The van der Waals surface area contributed by atoms with E-state index in [1.54, 1.807) is 0 Å². The summed E-state index contributed by atoms with van der Waals surface area (Å²) in [6.07, 6.45) is 3.04. The van der Waals surface area contributed by atoms with Crippen LogP contribution < -0.4 is 5.32 Å². The molecule has 1 saturated carbocycles. The van der Waals surface area contributed by atoms with Gasteiger partial charge < -0.3 is 14.9 Å². The maximum absolute atomic E-state index is 11.2. The Morgan fingerprint density at radius 2 is 1.68 bits per heavy atom. The maximum atomic E-state index is 11.2. The van der Waals surface area contributed by atoms with Crippen LogP contribution in [0, 0.1) is 6.92 Å². The normalized spacial score (nSPS) is 14.1. The highest BCUT2D eigenvalue weighted by molar-refractivity contribution is 7.19. The maximum Gasteiger partial charge on any atom is 0.304 e.